The van der Waals surface area contributed by atoms with Gasteiger partial charge in [-0.1, -0.05) is 36.4 Å². The molecule has 0 aliphatic carbocycles. The number of benzene rings is 2. The van der Waals surface area contributed by atoms with Crippen molar-refractivity contribution in [1.82, 2.24) is 59.1 Å². The van der Waals surface area contributed by atoms with Crippen molar-refractivity contribution < 1.29 is 38.2 Å². The number of pyridine rings is 2. The fourth-order valence-electron chi connectivity index (χ4n) is 8.60. The normalized spacial score (nSPS) is 13.8. The first-order valence-electron chi connectivity index (χ1n) is 22.4. The van der Waals surface area contributed by atoms with E-state index < -0.39 is 23.4 Å². The van der Waals surface area contributed by atoms with Gasteiger partial charge in [-0.15, -0.1) is 0 Å². The number of aromatic nitrogens is 8. The van der Waals surface area contributed by atoms with Gasteiger partial charge in [0.25, 0.3) is 35.2 Å². The Hall–Kier alpha value is -8.94. The van der Waals surface area contributed by atoms with Gasteiger partial charge in [0, 0.05) is 94.0 Å². The minimum absolute atomic E-state index is 0.0839. The molecular formula is C50H48N12O8. The number of piperazine rings is 2. The third-order valence-electron chi connectivity index (χ3n) is 12.3. The molecule has 356 valence electrons. The molecule has 0 spiro atoms. The molecule has 20 heteroatoms. The van der Waals surface area contributed by atoms with Crippen molar-refractivity contribution in [2.45, 2.75) is 13.8 Å². The molecule has 8 aromatic rings. The second kappa shape index (κ2) is 19.7. The highest BCUT2D eigenvalue weighted by atomic mass is 16.5. The van der Waals surface area contributed by atoms with Gasteiger partial charge in [0.15, 0.2) is 11.6 Å². The second-order valence-corrected chi connectivity index (χ2v) is 16.6. The van der Waals surface area contributed by atoms with E-state index in [1.807, 2.05) is 62.4 Å². The van der Waals surface area contributed by atoms with Crippen LogP contribution in [0.2, 0.25) is 0 Å². The zero-order valence-electron chi connectivity index (χ0n) is 38.8. The maximum atomic E-state index is 13.3. The van der Waals surface area contributed by atoms with Gasteiger partial charge in [-0.05, 0) is 50.2 Å². The number of methoxy groups -OCH3 is 2. The lowest BCUT2D eigenvalue weighted by Gasteiger charge is -2.34. The number of hydrogen-bond acceptors (Lipinski definition) is 12. The molecule has 2 N–H and O–H groups in total. The minimum Gasteiger partial charge on any atom is -0.494 e. The summed E-state index contributed by atoms with van der Waals surface area (Å²) in [6.07, 6.45) is 9.47. The zero-order chi connectivity index (χ0) is 49.1. The van der Waals surface area contributed by atoms with Crippen LogP contribution in [0.1, 0.15) is 52.8 Å². The fourth-order valence-corrected chi connectivity index (χ4v) is 8.60. The van der Waals surface area contributed by atoms with Crippen LogP contribution in [0.25, 0.3) is 33.4 Å². The first kappa shape index (κ1) is 46.2. The number of H-pyrrole nitrogens is 2. The van der Waals surface area contributed by atoms with Gasteiger partial charge in [0.1, 0.15) is 11.5 Å². The molecule has 2 aromatic carbocycles. The Morgan fingerprint density at radius 2 is 1.00 bits per heavy atom. The van der Waals surface area contributed by atoms with E-state index in [1.165, 1.54) is 48.8 Å². The van der Waals surface area contributed by atoms with Crippen LogP contribution in [0.15, 0.2) is 110 Å². The van der Waals surface area contributed by atoms with Crippen LogP contribution in [0.4, 0.5) is 0 Å². The molecular weight excluding hydrogens is 897 g/mol. The van der Waals surface area contributed by atoms with E-state index in [1.54, 1.807) is 55.8 Å². The van der Waals surface area contributed by atoms with E-state index in [-0.39, 0.29) is 49.1 Å². The van der Waals surface area contributed by atoms with E-state index in [9.17, 15) is 28.8 Å². The molecule has 2 fully saturated rings. The van der Waals surface area contributed by atoms with Crippen LogP contribution in [-0.4, -0.2) is 161 Å². The first-order valence-corrected chi connectivity index (χ1v) is 22.4. The Balaban J connectivity index is 0.000000174. The van der Waals surface area contributed by atoms with Crippen molar-refractivity contribution in [3.8, 4) is 23.1 Å². The predicted octanol–water partition coefficient (Wildman–Crippen LogP) is 4.47. The van der Waals surface area contributed by atoms with Crippen molar-refractivity contribution in [2.75, 3.05) is 66.6 Å². The van der Waals surface area contributed by atoms with Gasteiger partial charge in [-0.3, -0.25) is 28.8 Å². The Bertz CT molecular complexity index is 3270. The lowest BCUT2D eigenvalue weighted by molar-refractivity contribution is -0.128. The quantitative estimate of drug-likeness (QED) is 0.143. The van der Waals surface area contributed by atoms with Crippen molar-refractivity contribution in [3.05, 3.63) is 144 Å². The van der Waals surface area contributed by atoms with E-state index in [0.29, 0.717) is 82.2 Å². The van der Waals surface area contributed by atoms with Gasteiger partial charge in [0.2, 0.25) is 0 Å². The van der Waals surface area contributed by atoms with E-state index in [0.717, 1.165) is 11.4 Å². The second-order valence-electron chi connectivity index (χ2n) is 16.6. The SMILES string of the molecule is COc1cnc(-n2ccc(C)n2)c2[nH]cc(C(=O)C(=O)N3CCN(C(=O)c4ccccc4)CC3)c12.COc1cnc(-n2nccc2C)c2[nH]cc(C(=O)C(=O)N3CCN(C(=O)c4ccccc4)CC3)c12. The van der Waals surface area contributed by atoms with Crippen molar-refractivity contribution in [1.29, 1.82) is 0 Å². The Morgan fingerprint density at radius 1 is 0.557 bits per heavy atom. The van der Waals surface area contributed by atoms with Crippen molar-refractivity contribution in [3.63, 3.8) is 0 Å². The third-order valence-corrected chi connectivity index (χ3v) is 12.3. The minimum atomic E-state index is -0.647. The van der Waals surface area contributed by atoms with Crippen LogP contribution >= 0.6 is 0 Å². The lowest BCUT2D eigenvalue weighted by atomic mass is 10.1. The molecule has 70 heavy (non-hydrogen) atoms. The average molecular weight is 945 g/mol. The summed E-state index contributed by atoms with van der Waals surface area (Å²) in [7, 11) is 2.97. The standard InChI is InChI=1S/2C25H24N6O4/c1-16-8-9-31(28-16)23-21-20(19(35-2)15-27-23)18(14-26-21)22(32)25(34)30-12-10-29(11-13-30)24(33)17-6-4-3-5-7-17;1-16-8-9-28-31(16)23-21-20(19(35-2)15-27-23)18(14-26-21)22(32)25(34)30-12-10-29(11-13-30)24(33)17-6-4-3-5-7-17/h2*3-9,14-15,26H,10-13H2,1-2H3. The molecule has 2 aliphatic rings. The number of Topliss-reactive ketones (excluding diaryl/α,β-unsaturated/α-hetero) is 2. The van der Waals surface area contributed by atoms with Gasteiger partial charge < -0.3 is 39.0 Å². The smallest absolute Gasteiger partial charge is 0.295 e. The number of nitrogens with one attached hydrogen (secondary N) is 2. The fraction of sp³-hybridized carbons (Fsp3) is 0.240. The number of rotatable bonds is 10. The van der Waals surface area contributed by atoms with Crippen LogP contribution in [0.5, 0.6) is 11.5 Å². The number of nitrogens with zero attached hydrogens (tertiary/aromatic N) is 10. The van der Waals surface area contributed by atoms with Crippen LogP contribution in [-0.2, 0) is 9.59 Å². The summed E-state index contributed by atoms with van der Waals surface area (Å²) >= 11 is 0. The lowest BCUT2D eigenvalue weighted by Crippen LogP contribution is -2.52. The molecule has 0 unspecified atom stereocenters. The molecule has 6 aromatic heterocycles. The van der Waals surface area contributed by atoms with E-state index >= 15 is 0 Å². The Labute approximate surface area is 400 Å². The molecule has 20 nitrogen and oxygen atoms in total. The molecule has 2 saturated heterocycles. The highest BCUT2D eigenvalue weighted by Gasteiger charge is 2.33. The molecule has 0 atom stereocenters. The van der Waals surface area contributed by atoms with Crippen LogP contribution in [0.3, 0.4) is 0 Å². The Morgan fingerprint density at radius 3 is 1.41 bits per heavy atom. The molecule has 2 aliphatic heterocycles. The highest BCUT2D eigenvalue weighted by molar-refractivity contribution is 6.46. The predicted molar refractivity (Wildman–Crippen MR) is 256 cm³/mol. The van der Waals surface area contributed by atoms with Crippen molar-refractivity contribution in [2.24, 2.45) is 0 Å². The third kappa shape index (κ3) is 8.84. The number of aryl methyl sites for hydroxylation is 2. The van der Waals surface area contributed by atoms with Crippen LogP contribution < -0.4 is 9.47 Å². The number of amides is 4. The Kier molecular flexibility index (Phi) is 13.0. The summed E-state index contributed by atoms with van der Waals surface area (Å²) < 4.78 is 14.2. The largest absolute Gasteiger partial charge is 0.494 e. The number of fused-ring (bicyclic) bond motifs is 2. The highest BCUT2D eigenvalue weighted by Crippen LogP contribution is 2.34. The molecule has 8 heterocycles. The summed E-state index contributed by atoms with van der Waals surface area (Å²) in [5.41, 5.74) is 4.39. The molecule has 0 saturated carbocycles. The van der Waals surface area contributed by atoms with Gasteiger partial charge in [0.05, 0.1) is 65.2 Å². The molecule has 0 radical (unpaired) electrons. The maximum Gasteiger partial charge on any atom is 0.295 e. The van der Waals surface area contributed by atoms with Gasteiger partial charge in [-0.25, -0.2) is 19.3 Å². The molecule has 0 bridgehead atoms. The monoisotopic (exact) mass is 944 g/mol. The van der Waals surface area contributed by atoms with Crippen LogP contribution in [0, 0.1) is 13.8 Å². The molecule has 4 amide bonds. The topological polar surface area (TPSA) is 227 Å². The van der Waals surface area contributed by atoms with Gasteiger partial charge >= 0.3 is 0 Å². The number of carbonyl (C=O) groups excluding carboxylic acids is 6. The van der Waals surface area contributed by atoms with Gasteiger partial charge in [-0.2, -0.15) is 10.2 Å². The summed E-state index contributed by atoms with van der Waals surface area (Å²) in [5, 5.41) is 9.64. The zero-order valence-corrected chi connectivity index (χ0v) is 38.8. The number of ether oxygens (including phenoxy) is 2. The average Bonchev–Trinajstić information content (AvgIpc) is 4.25. The maximum absolute atomic E-state index is 13.3. The number of hydrogen-bond donors (Lipinski definition) is 2. The summed E-state index contributed by atoms with van der Waals surface area (Å²) in [6.45, 7) is 6.31. The molecule has 10 rings (SSSR count). The van der Waals surface area contributed by atoms with Crippen molar-refractivity contribution >= 4 is 57.0 Å². The number of carbonyl (C=O) groups is 6. The summed E-state index contributed by atoms with van der Waals surface area (Å²) in [4.78, 5) is 99.6. The summed E-state index contributed by atoms with van der Waals surface area (Å²) in [6, 6.07) is 21.7. The van der Waals surface area contributed by atoms with E-state index in [2.05, 4.69) is 30.1 Å². The van der Waals surface area contributed by atoms with E-state index in [4.69, 9.17) is 9.47 Å². The number of aromatic amines is 2. The first-order chi connectivity index (χ1) is 34.0. The number of ketones is 2. The summed E-state index contributed by atoms with van der Waals surface area (Å²) in [5.74, 6) is -0.943.